The standard InChI is InChI=1S/C24H33FN4O/c1-3-26-24(28-16-21-5-4-18(2)23(25)14-21)27-15-19-6-8-22(9-7-19)29-12-10-20(17-30)11-13-29/h4-9,14,20,30H,3,10-13,15-17H2,1-2H3,(H2,26,27,28). The number of guanidine groups is 1. The van der Waals surface area contributed by atoms with E-state index in [0.29, 0.717) is 37.1 Å². The Morgan fingerprint density at radius 3 is 2.43 bits per heavy atom. The van der Waals surface area contributed by atoms with Crippen LogP contribution in [0.2, 0.25) is 0 Å². The highest BCUT2D eigenvalue weighted by Crippen LogP contribution is 2.23. The number of rotatable bonds is 7. The van der Waals surface area contributed by atoms with Crippen LogP contribution in [0.1, 0.15) is 36.5 Å². The second-order valence-corrected chi connectivity index (χ2v) is 7.91. The number of halogens is 1. The van der Waals surface area contributed by atoms with Crippen molar-refractivity contribution in [3.63, 3.8) is 0 Å². The first-order valence-corrected chi connectivity index (χ1v) is 10.8. The van der Waals surface area contributed by atoms with Crippen LogP contribution < -0.4 is 15.5 Å². The Morgan fingerprint density at radius 2 is 1.80 bits per heavy atom. The Bertz CT molecular complexity index is 830. The van der Waals surface area contributed by atoms with Crippen molar-refractivity contribution < 1.29 is 9.50 Å². The molecule has 0 saturated carbocycles. The Kier molecular flexibility index (Phi) is 8.08. The third kappa shape index (κ3) is 6.20. The lowest BCUT2D eigenvalue weighted by atomic mass is 9.97. The lowest BCUT2D eigenvalue weighted by Crippen LogP contribution is -2.37. The summed E-state index contributed by atoms with van der Waals surface area (Å²) in [7, 11) is 0. The van der Waals surface area contributed by atoms with E-state index in [4.69, 9.17) is 0 Å². The van der Waals surface area contributed by atoms with Gasteiger partial charge in [-0.25, -0.2) is 9.38 Å². The average Bonchev–Trinajstić information content (AvgIpc) is 2.78. The number of benzene rings is 2. The first-order chi connectivity index (χ1) is 14.6. The Morgan fingerprint density at radius 1 is 1.10 bits per heavy atom. The summed E-state index contributed by atoms with van der Waals surface area (Å²) in [6.07, 6.45) is 2.10. The van der Waals surface area contributed by atoms with Crippen LogP contribution >= 0.6 is 0 Å². The molecule has 1 aliphatic rings. The minimum Gasteiger partial charge on any atom is -0.396 e. The fourth-order valence-corrected chi connectivity index (χ4v) is 3.63. The van der Waals surface area contributed by atoms with Crippen LogP contribution in [0.15, 0.2) is 47.5 Å². The molecule has 1 saturated heterocycles. The number of aliphatic imine (C=N–C) groups is 1. The molecular formula is C24H33FN4O. The van der Waals surface area contributed by atoms with Crippen molar-refractivity contribution in [2.45, 2.75) is 39.8 Å². The normalized spacial score (nSPS) is 15.3. The fraction of sp³-hybridized carbons (Fsp3) is 0.458. The molecule has 0 aromatic heterocycles. The molecule has 0 unspecified atom stereocenters. The summed E-state index contributed by atoms with van der Waals surface area (Å²) in [5.41, 5.74) is 3.91. The van der Waals surface area contributed by atoms with Gasteiger partial charge in [0.1, 0.15) is 5.82 Å². The summed E-state index contributed by atoms with van der Waals surface area (Å²) in [6, 6.07) is 13.8. The number of aliphatic hydroxyl groups is 1. The SMILES string of the molecule is CCNC(=NCc1ccc(C)c(F)c1)NCc1ccc(N2CCC(CO)CC2)cc1. The predicted molar refractivity (Wildman–Crippen MR) is 121 cm³/mol. The van der Waals surface area contributed by atoms with Gasteiger partial charge in [0.2, 0.25) is 0 Å². The van der Waals surface area contributed by atoms with Crippen molar-refractivity contribution in [1.82, 2.24) is 10.6 Å². The molecule has 0 atom stereocenters. The van der Waals surface area contributed by atoms with Gasteiger partial charge in [0.15, 0.2) is 5.96 Å². The monoisotopic (exact) mass is 412 g/mol. The Labute approximate surface area is 179 Å². The molecule has 0 aliphatic carbocycles. The number of hydrogen-bond donors (Lipinski definition) is 3. The van der Waals surface area contributed by atoms with E-state index in [1.807, 2.05) is 13.0 Å². The van der Waals surface area contributed by atoms with Crippen LogP contribution in [0.25, 0.3) is 0 Å². The molecule has 0 amide bonds. The van der Waals surface area contributed by atoms with E-state index in [2.05, 4.69) is 44.8 Å². The molecule has 6 heteroatoms. The lowest BCUT2D eigenvalue weighted by Gasteiger charge is -2.33. The van der Waals surface area contributed by atoms with Gasteiger partial charge in [-0.2, -0.15) is 0 Å². The maximum Gasteiger partial charge on any atom is 0.191 e. The first-order valence-electron chi connectivity index (χ1n) is 10.8. The van der Waals surface area contributed by atoms with E-state index < -0.39 is 0 Å². The molecular weight excluding hydrogens is 379 g/mol. The van der Waals surface area contributed by atoms with E-state index >= 15 is 0 Å². The molecule has 1 aliphatic heterocycles. The summed E-state index contributed by atoms with van der Waals surface area (Å²) in [6.45, 7) is 7.94. The molecule has 0 bridgehead atoms. The quantitative estimate of drug-likeness (QED) is 0.480. The maximum absolute atomic E-state index is 13.7. The number of piperidine rings is 1. The lowest BCUT2D eigenvalue weighted by molar-refractivity contribution is 0.203. The summed E-state index contributed by atoms with van der Waals surface area (Å²) in [5, 5.41) is 15.9. The van der Waals surface area contributed by atoms with Gasteiger partial charge in [0.25, 0.3) is 0 Å². The summed E-state index contributed by atoms with van der Waals surface area (Å²) in [5.74, 6) is 0.972. The molecule has 5 nitrogen and oxygen atoms in total. The molecule has 162 valence electrons. The number of nitrogens with one attached hydrogen (secondary N) is 2. The van der Waals surface area contributed by atoms with Crippen LogP contribution in [0.3, 0.4) is 0 Å². The van der Waals surface area contributed by atoms with Gasteiger partial charge in [0, 0.05) is 38.5 Å². The van der Waals surface area contributed by atoms with Crippen molar-refractivity contribution in [2.24, 2.45) is 10.9 Å². The van der Waals surface area contributed by atoms with E-state index in [1.165, 1.54) is 11.3 Å². The second-order valence-electron chi connectivity index (χ2n) is 7.91. The highest BCUT2D eigenvalue weighted by molar-refractivity contribution is 5.79. The van der Waals surface area contributed by atoms with Crippen molar-refractivity contribution in [3.05, 3.63) is 65.0 Å². The van der Waals surface area contributed by atoms with Crippen LogP contribution in [-0.4, -0.2) is 37.3 Å². The molecule has 0 radical (unpaired) electrons. The number of nitrogens with zero attached hydrogens (tertiary/aromatic N) is 2. The van der Waals surface area contributed by atoms with Crippen LogP contribution in [-0.2, 0) is 13.1 Å². The third-order valence-electron chi connectivity index (χ3n) is 5.63. The summed E-state index contributed by atoms with van der Waals surface area (Å²) < 4.78 is 13.7. The van der Waals surface area contributed by atoms with Gasteiger partial charge >= 0.3 is 0 Å². The average molecular weight is 413 g/mol. The smallest absolute Gasteiger partial charge is 0.191 e. The highest BCUT2D eigenvalue weighted by Gasteiger charge is 2.18. The summed E-state index contributed by atoms with van der Waals surface area (Å²) in [4.78, 5) is 6.96. The topological polar surface area (TPSA) is 59.9 Å². The molecule has 3 N–H and O–H groups in total. The number of anilines is 1. The fourth-order valence-electron chi connectivity index (χ4n) is 3.63. The predicted octanol–water partition coefficient (Wildman–Crippen LogP) is 3.60. The van der Waals surface area contributed by atoms with E-state index in [-0.39, 0.29) is 5.82 Å². The molecule has 2 aromatic rings. The molecule has 30 heavy (non-hydrogen) atoms. The maximum atomic E-state index is 13.7. The van der Waals surface area contributed by atoms with Crippen LogP contribution in [0, 0.1) is 18.7 Å². The molecule has 1 fully saturated rings. The Hall–Kier alpha value is -2.60. The minimum atomic E-state index is -0.193. The minimum absolute atomic E-state index is 0.193. The van der Waals surface area contributed by atoms with Crippen LogP contribution in [0.4, 0.5) is 10.1 Å². The van der Waals surface area contributed by atoms with E-state index in [0.717, 1.165) is 38.0 Å². The zero-order chi connectivity index (χ0) is 21.3. The summed E-state index contributed by atoms with van der Waals surface area (Å²) >= 11 is 0. The van der Waals surface area contributed by atoms with Gasteiger partial charge in [-0.1, -0.05) is 24.3 Å². The Balaban J connectivity index is 1.54. The van der Waals surface area contributed by atoms with E-state index in [1.54, 1.807) is 19.1 Å². The molecule has 2 aromatic carbocycles. The van der Waals surface area contributed by atoms with Gasteiger partial charge < -0.3 is 20.6 Å². The molecule has 3 rings (SSSR count). The molecule has 1 heterocycles. The number of hydrogen-bond acceptors (Lipinski definition) is 3. The second kappa shape index (κ2) is 11.0. The van der Waals surface area contributed by atoms with Crippen LogP contribution in [0.5, 0.6) is 0 Å². The van der Waals surface area contributed by atoms with Gasteiger partial charge in [-0.3, -0.25) is 0 Å². The van der Waals surface area contributed by atoms with Crippen molar-refractivity contribution in [2.75, 3.05) is 31.1 Å². The molecule has 0 spiro atoms. The third-order valence-corrected chi connectivity index (χ3v) is 5.63. The van der Waals surface area contributed by atoms with Gasteiger partial charge in [-0.15, -0.1) is 0 Å². The van der Waals surface area contributed by atoms with E-state index in [9.17, 15) is 9.50 Å². The van der Waals surface area contributed by atoms with Crippen molar-refractivity contribution >= 4 is 11.6 Å². The largest absolute Gasteiger partial charge is 0.396 e. The first kappa shape index (κ1) is 22.1. The number of aliphatic hydroxyl groups excluding tert-OH is 1. The van der Waals surface area contributed by atoms with Crippen molar-refractivity contribution in [1.29, 1.82) is 0 Å². The van der Waals surface area contributed by atoms with Gasteiger partial charge in [0.05, 0.1) is 6.54 Å². The zero-order valence-electron chi connectivity index (χ0n) is 18.0. The number of aryl methyl sites for hydroxylation is 1. The zero-order valence-corrected chi connectivity index (χ0v) is 18.0. The highest BCUT2D eigenvalue weighted by atomic mass is 19.1. The van der Waals surface area contributed by atoms with Gasteiger partial charge in [-0.05, 0) is 67.5 Å². The van der Waals surface area contributed by atoms with Crippen molar-refractivity contribution in [3.8, 4) is 0 Å².